The maximum atomic E-state index is 12.8. The van der Waals surface area contributed by atoms with Crippen LogP contribution in [0.5, 0.6) is 5.88 Å². The predicted molar refractivity (Wildman–Crippen MR) is 97.9 cm³/mol. The van der Waals surface area contributed by atoms with E-state index in [4.69, 9.17) is 4.74 Å². The minimum absolute atomic E-state index is 0.0447. The van der Waals surface area contributed by atoms with Crippen molar-refractivity contribution in [1.29, 1.82) is 0 Å². The van der Waals surface area contributed by atoms with Gasteiger partial charge in [0, 0.05) is 29.3 Å². The van der Waals surface area contributed by atoms with Gasteiger partial charge in [0.05, 0.1) is 16.9 Å². The second kappa shape index (κ2) is 8.04. The number of ether oxygens (including phenoxy) is 1. The fourth-order valence-electron chi connectivity index (χ4n) is 2.19. The number of rotatable bonds is 5. The molecule has 3 rings (SSSR count). The Morgan fingerprint density at radius 2 is 2.04 bits per heavy atom. The second-order valence-corrected chi connectivity index (χ2v) is 6.70. The fourth-order valence-corrected chi connectivity index (χ4v) is 2.95. The van der Waals surface area contributed by atoms with Gasteiger partial charge in [0.1, 0.15) is 0 Å². The van der Waals surface area contributed by atoms with Crippen LogP contribution in [0, 0.1) is 13.8 Å². The van der Waals surface area contributed by atoms with Gasteiger partial charge in [-0.25, -0.2) is 18.6 Å². The van der Waals surface area contributed by atoms with E-state index in [1.54, 1.807) is 32.2 Å². The minimum atomic E-state index is -2.63. The van der Waals surface area contributed by atoms with Crippen LogP contribution in [0.2, 0.25) is 0 Å². The second-order valence-electron chi connectivity index (χ2n) is 5.50. The highest BCUT2D eigenvalue weighted by molar-refractivity contribution is 7.16. The molecule has 0 saturated carbocycles. The number of carbonyl (C=O) groups excluding carboxylic acids is 1. The van der Waals surface area contributed by atoms with Crippen LogP contribution in [0.1, 0.15) is 22.7 Å². The molecule has 1 amide bonds. The van der Waals surface area contributed by atoms with Crippen molar-refractivity contribution in [1.82, 2.24) is 15.0 Å². The Morgan fingerprint density at radius 3 is 2.78 bits per heavy atom. The number of amides is 1. The van der Waals surface area contributed by atoms with Crippen molar-refractivity contribution in [3.63, 3.8) is 0 Å². The van der Waals surface area contributed by atoms with Gasteiger partial charge in [-0.2, -0.15) is 0 Å². The summed E-state index contributed by atoms with van der Waals surface area (Å²) in [7, 11) is 0. The van der Waals surface area contributed by atoms with Crippen LogP contribution in [0.3, 0.4) is 0 Å². The van der Waals surface area contributed by atoms with E-state index in [1.165, 1.54) is 23.6 Å². The third-order valence-electron chi connectivity index (χ3n) is 3.30. The number of carbonyl (C=O) groups is 1. The maximum absolute atomic E-state index is 12.8. The van der Waals surface area contributed by atoms with Crippen LogP contribution >= 0.6 is 11.3 Å². The summed E-state index contributed by atoms with van der Waals surface area (Å²) in [6.45, 7) is 3.53. The number of aromatic nitrogens is 3. The molecular formula is C17H15F2N5O2S. The molecule has 0 aliphatic rings. The van der Waals surface area contributed by atoms with Gasteiger partial charge in [0.2, 0.25) is 0 Å². The van der Waals surface area contributed by atoms with Crippen LogP contribution in [-0.2, 0) is 0 Å². The lowest BCUT2D eigenvalue weighted by atomic mass is 10.3. The Balaban J connectivity index is 1.74. The maximum Gasteiger partial charge on any atom is 0.418 e. The summed E-state index contributed by atoms with van der Waals surface area (Å²) >= 11 is 1.22. The van der Waals surface area contributed by atoms with Crippen molar-refractivity contribution in [3.05, 3.63) is 53.1 Å². The summed E-state index contributed by atoms with van der Waals surface area (Å²) in [5.41, 5.74) is 1.40. The molecule has 0 aromatic carbocycles. The summed E-state index contributed by atoms with van der Waals surface area (Å²) in [6.07, 6.45) is 0.689. The first-order valence-corrected chi connectivity index (χ1v) is 8.61. The first-order valence-electron chi connectivity index (χ1n) is 7.80. The molecular weight excluding hydrogens is 376 g/mol. The lowest BCUT2D eigenvalue weighted by Gasteiger charge is -2.09. The molecule has 10 heteroatoms. The molecule has 3 heterocycles. The van der Waals surface area contributed by atoms with Gasteiger partial charge in [0.15, 0.2) is 5.00 Å². The normalized spacial score (nSPS) is 10.7. The van der Waals surface area contributed by atoms with E-state index in [1.807, 2.05) is 0 Å². The zero-order valence-electron chi connectivity index (χ0n) is 14.4. The van der Waals surface area contributed by atoms with Gasteiger partial charge in [-0.05, 0) is 32.0 Å². The predicted octanol–water partition coefficient (Wildman–Crippen LogP) is 4.84. The van der Waals surface area contributed by atoms with Crippen molar-refractivity contribution < 1.29 is 18.3 Å². The van der Waals surface area contributed by atoms with E-state index in [9.17, 15) is 13.6 Å². The number of halogens is 2. The number of aryl methyl sites for hydroxylation is 2. The molecule has 27 heavy (non-hydrogen) atoms. The zero-order chi connectivity index (χ0) is 19.4. The highest BCUT2D eigenvalue weighted by atomic mass is 32.1. The fraction of sp³-hybridized carbons (Fsp3) is 0.176. The number of nitrogens with one attached hydrogen (secondary N) is 2. The molecule has 3 aromatic rings. The molecule has 0 saturated heterocycles. The van der Waals surface area contributed by atoms with Gasteiger partial charge < -0.3 is 10.1 Å². The first-order chi connectivity index (χ1) is 12.9. The molecule has 0 unspecified atom stereocenters. The molecule has 0 radical (unpaired) electrons. The molecule has 0 fully saturated rings. The largest absolute Gasteiger partial charge is 0.418 e. The van der Waals surface area contributed by atoms with E-state index in [0.717, 1.165) is 11.9 Å². The number of hydrogen-bond donors (Lipinski definition) is 2. The summed E-state index contributed by atoms with van der Waals surface area (Å²) < 4.78 is 30.9. The molecule has 3 aromatic heterocycles. The van der Waals surface area contributed by atoms with Crippen molar-refractivity contribution >= 4 is 33.8 Å². The average molecular weight is 391 g/mol. The van der Waals surface area contributed by atoms with Crippen molar-refractivity contribution in [2.45, 2.75) is 20.3 Å². The third-order valence-corrected chi connectivity index (χ3v) is 4.17. The van der Waals surface area contributed by atoms with Gasteiger partial charge in [-0.1, -0.05) is 11.3 Å². The van der Waals surface area contributed by atoms with Crippen molar-refractivity contribution in [2.24, 2.45) is 0 Å². The number of hydrogen-bond acceptors (Lipinski definition) is 7. The number of pyridine rings is 2. The third kappa shape index (κ3) is 4.94. The number of thiazole rings is 1. The van der Waals surface area contributed by atoms with E-state index in [-0.39, 0.29) is 11.4 Å². The quantitative estimate of drug-likeness (QED) is 0.647. The highest BCUT2D eigenvalue weighted by Gasteiger charge is 2.16. The average Bonchev–Trinajstić information content (AvgIpc) is 2.93. The standard InChI is InChI=1S/C17H15F2N5O2S/c1-9-5-12(3-4-21-9)24-17(25)26-15-16(27-10(2)22-15)23-13-6-11(14(18)19)7-20-8-13/h3-8,14,23H,1-2H3,(H,21,24,25). The Bertz CT molecular complexity index is 964. The van der Waals surface area contributed by atoms with Crippen LogP contribution in [0.15, 0.2) is 36.8 Å². The monoisotopic (exact) mass is 391 g/mol. The number of nitrogens with zero attached hydrogens (tertiary/aromatic N) is 3. The first kappa shape index (κ1) is 18.6. The van der Waals surface area contributed by atoms with Gasteiger partial charge in [-0.15, -0.1) is 0 Å². The lowest BCUT2D eigenvalue weighted by molar-refractivity contribution is 0.151. The van der Waals surface area contributed by atoms with Gasteiger partial charge in [0.25, 0.3) is 12.3 Å². The van der Waals surface area contributed by atoms with Gasteiger partial charge in [-0.3, -0.25) is 15.3 Å². The molecule has 0 bridgehead atoms. The summed E-state index contributed by atoms with van der Waals surface area (Å²) in [5, 5.41) is 6.53. The smallest absolute Gasteiger partial charge is 0.388 e. The molecule has 0 aliphatic heterocycles. The topological polar surface area (TPSA) is 89.0 Å². The Hall–Kier alpha value is -3.14. The van der Waals surface area contributed by atoms with Crippen LogP contribution in [0.25, 0.3) is 0 Å². The number of alkyl halides is 2. The summed E-state index contributed by atoms with van der Waals surface area (Å²) in [4.78, 5) is 24.1. The van der Waals surface area contributed by atoms with Crippen molar-refractivity contribution in [3.8, 4) is 5.88 Å². The summed E-state index contributed by atoms with van der Waals surface area (Å²) in [5.74, 6) is 0.0447. The Kier molecular flexibility index (Phi) is 5.55. The minimum Gasteiger partial charge on any atom is -0.388 e. The van der Waals surface area contributed by atoms with E-state index < -0.39 is 12.5 Å². The molecule has 0 atom stereocenters. The molecule has 7 nitrogen and oxygen atoms in total. The Morgan fingerprint density at radius 1 is 1.22 bits per heavy atom. The molecule has 140 valence electrons. The zero-order valence-corrected chi connectivity index (χ0v) is 15.2. The van der Waals surface area contributed by atoms with Crippen LogP contribution in [0.4, 0.5) is 30.0 Å². The molecule has 2 N–H and O–H groups in total. The van der Waals surface area contributed by atoms with Crippen LogP contribution < -0.4 is 15.4 Å². The van der Waals surface area contributed by atoms with Gasteiger partial charge >= 0.3 is 6.09 Å². The van der Waals surface area contributed by atoms with E-state index in [2.05, 4.69) is 25.6 Å². The van der Waals surface area contributed by atoms with E-state index in [0.29, 0.717) is 21.4 Å². The summed E-state index contributed by atoms with van der Waals surface area (Å²) in [6, 6.07) is 4.59. The molecule has 0 spiro atoms. The Labute approximate surface area is 157 Å². The SMILES string of the molecule is Cc1cc(NC(=O)Oc2nc(C)sc2Nc2cncc(C(F)F)c2)ccn1. The van der Waals surface area contributed by atoms with Crippen molar-refractivity contribution in [2.75, 3.05) is 10.6 Å². The highest BCUT2D eigenvalue weighted by Crippen LogP contribution is 2.34. The van der Waals surface area contributed by atoms with Crippen LogP contribution in [-0.4, -0.2) is 21.0 Å². The lowest BCUT2D eigenvalue weighted by Crippen LogP contribution is -2.17. The molecule has 0 aliphatic carbocycles. The van der Waals surface area contributed by atoms with E-state index >= 15 is 0 Å². The number of anilines is 3.